The normalized spacial score (nSPS) is 11.2. The summed E-state index contributed by atoms with van der Waals surface area (Å²) in [5.74, 6) is 1.60. The standard InChI is InChI=1S/C15H17N5/c1-10(2)11-4-3-5-12(8-11)18-14-15-17-6-7-20(15)9-13(16)19-14/h3-10H,16H2,1-2H3,(H,18,19). The molecule has 0 saturated carbocycles. The van der Waals surface area contributed by atoms with Gasteiger partial charge in [0.15, 0.2) is 11.5 Å². The van der Waals surface area contributed by atoms with Gasteiger partial charge in [-0.25, -0.2) is 9.97 Å². The summed E-state index contributed by atoms with van der Waals surface area (Å²) in [6.45, 7) is 4.34. The summed E-state index contributed by atoms with van der Waals surface area (Å²) in [7, 11) is 0. The van der Waals surface area contributed by atoms with Gasteiger partial charge < -0.3 is 15.5 Å². The van der Waals surface area contributed by atoms with E-state index >= 15 is 0 Å². The van der Waals surface area contributed by atoms with Crippen molar-refractivity contribution in [3.05, 3.63) is 48.4 Å². The highest BCUT2D eigenvalue weighted by molar-refractivity contribution is 5.71. The molecule has 0 bridgehead atoms. The smallest absolute Gasteiger partial charge is 0.180 e. The first-order valence-corrected chi connectivity index (χ1v) is 6.59. The van der Waals surface area contributed by atoms with E-state index in [4.69, 9.17) is 5.73 Å². The molecule has 0 fully saturated rings. The van der Waals surface area contributed by atoms with Gasteiger partial charge in [0.2, 0.25) is 0 Å². The zero-order valence-electron chi connectivity index (χ0n) is 11.5. The fourth-order valence-electron chi connectivity index (χ4n) is 2.15. The Balaban J connectivity index is 2.00. The quantitative estimate of drug-likeness (QED) is 0.764. The Morgan fingerprint density at radius 2 is 2.15 bits per heavy atom. The summed E-state index contributed by atoms with van der Waals surface area (Å²) in [6.07, 6.45) is 5.33. The van der Waals surface area contributed by atoms with Crippen molar-refractivity contribution < 1.29 is 0 Å². The first-order chi connectivity index (χ1) is 9.63. The van der Waals surface area contributed by atoms with Gasteiger partial charge in [-0.3, -0.25) is 0 Å². The minimum Gasteiger partial charge on any atom is -0.382 e. The largest absolute Gasteiger partial charge is 0.382 e. The molecule has 3 rings (SSSR count). The van der Waals surface area contributed by atoms with E-state index in [0.717, 1.165) is 11.3 Å². The molecule has 0 radical (unpaired) electrons. The Labute approximate surface area is 117 Å². The summed E-state index contributed by atoms with van der Waals surface area (Å²) < 4.78 is 1.86. The first-order valence-electron chi connectivity index (χ1n) is 6.59. The average Bonchev–Trinajstić information content (AvgIpc) is 2.87. The van der Waals surface area contributed by atoms with Crippen LogP contribution in [0.1, 0.15) is 25.3 Å². The number of hydrogen-bond acceptors (Lipinski definition) is 4. The molecular formula is C15H17N5. The highest BCUT2D eigenvalue weighted by atomic mass is 15.1. The summed E-state index contributed by atoms with van der Waals surface area (Å²) in [4.78, 5) is 8.62. The zero-order valence-corrected chi connectivity index (χ0v) is 11.5. The molecule has 0 unspecified atom stereocenters. The van der Waals surface area contributed by atoms with Gasteiger partial charge in [0.1, 0.15) is 5.82 Å². The van der Waals surface area contributed by atoms with Crippen molar-refractivity contribution in [1.82, 2.24) is 14.4 Å². The molecular weight excluding hydrogens is 250 g/mol. The predicted octanol–water partition coefficient (Wildman–Crippen LogP) is 3.18. The number of anilines is 3. The average molecular weight is 267 g/mol. The van der Waals surface area contributed by atoms with Gasteiger partial charge >= 0.3 is 0 Å². The number of fused-ring (bicyclic) bond motifs is 1. The Hall–Kier alpha value is -2.56. The molecule has 3 aromatic rings. The van der Waals surface area contributed by atoms with Crippen LogP contribution in [0, 0.1) is 0 Å². The molecule has 5 heteroatoms. The molecule has 102 valence electrons. The van der Waals surface area contributed by atoms with Crippen LogP contribution in [-0.2, 0) is 0 Å². The Bertz CT molecular complexity index is 745. The Morgan fingerprint density at radius 3 is 2.95 bits per heavy atom. The number of nitrogens with one attached hydrogen (secondary N) is 1. The summed E-state index contributed by atoms with van der Waals surface area (Å²) in [5, 5.41) is 3.29. The lowest BCUT2D eigenvalue weighted by Crippen LogP contribution is -2.02. The summed E-state index contributed by atoms with van der Waals surface area (Å²) in [5.41, 5.74) is 8.84. The van der Waals surface area contributed by atoms with Gasteiger partial charge in [0, 0.05) is 18.1 Å². The maximum Gasteiger partial charge on any atom is 0.180 e. The molecule has 0 atom stereocenters. The van der Waals surface area contributed by atoms with Gasteiger partial charge in [-0.1, -0.05) is 26.0 Å². The number of nitrogen functional groups attached to an aromatic ring is 1. The van der Waals surface area contributed by atoms with Crippen molar-refractivity contribution in [1.29, 1.82) is 0 Å². The van der Waals surface area contributed by atoms with Crippen LogP contribution in [0.4, 0.5) is 17.3 Å². The number of benzene rings is 1. The van der Waals surface area contributed by atoms with Gasteiger partial charge in [-0.05, 0) is 23.6 Å². The second-order valence-corrected chi connectivity index (χ2v) is 5.08. The van der Waals surface area contributed by atoms with Crippen molar-refractivity contribution in [2.24, 2.45) is 0 Å². The van der Waals surface area contributed by atoms with Crippen LogP contribution in [0.25, 0.3) is 5.65 Å². The number of nitrogens with zero attached hydrogens (tertiary/aromatic N) is 3. The van der Waals surface area contributed by atoms with Crippen molar-refractivity contribution in [2.45, 2.75) is 19.8 Å². The fraction of sp³-hybridized carbons (Fsp3) is 0.200. The van der Waals surface area contributed by atoms with Crippen LogP contribution < -0.4 is 11.1 Å². The van der Waals surface area contributed by atoms with Gasteiger partial charge in [0.05, 0.1) is 6.20 Å². The van der Waals surface area contributed by atoms with Crippen molar-refractivity contribution in [2.75, 3.05) is 11.1 Å². The number of imidazole rings is 1. The van der Waals surface area contributed by atoms with Crippen LogP contribution in [0.5, 0.6) is 0 Å². The molecule has 0 amide bonds. The van der Waals surface area contributed by atoms with E-state index in [1.165, 1.54) is 5.56 Å². The van der Waals surface area contributed by atoms with E-state index in [9.17, 15) is 0 Å². The third kappa shape index (κ3) is 2.30. The van der Waals surface area contributed by atoms with Crippen LogP contribution in [0.3, 0.4) is 0 Å². The van der Waals surface area contributed by atoms with E-state index < -0.39 is 0 Å². The van der Waals surface area contributed by atoms with E-state index in [1.54, 1.807) is 12.4 Å². The minimum atomic E-state index is 0.456. The van der Waals surface area contributed by atoms with Crippen molar-refractivity contribution in [3.8, 4) is 0 Å². The van der Waals surface area contributed by atoms with E-state index in [-0.39, 0.29) is 0 Å². The van der Waals surface area contributed by atoms with E-state index in [1.807, 2.05) is 22.7 Å². The van der Waals surface area contributed by atoms with Crippen LogP contribution in [-0.4, -0.2) is 14.4 Å². The van der Waals surface area contributed by atoms with E-state index in [0.29, 0.717) is 17.6 Å². The second kappa shape index (κ2) is 4.85. The van der Waals surface area contributed by atoms with Gasteiger partial charge in [-0.2, -0.15) is 0 Å². The fourth-order valence-corrected chi connectivity index (χ4v) is 2.15. The molecule has 0 saturated heterocycles. The lowest BCUT2D eigenvalue weighted by molar-refractivity contribution is 0.867. The maximum absolute atomic E-state index is 5.82. The molecule has 3 N–H and O–H groups in total. The Kier molecular flexibility index (Phi) is 3.02. The Morgan fingerprint density at radius 1 is 1.30 bits per heavy atom. The van der Waals surface area contributed by atoms with Crippen LogP contribution >= 0.6 is 0 Å². The number of aromatic nitrogens is 3. The molecule has 0 aliphatic rings. The number of nitrogens with two attached hydrogens (primary N) is 1. The molecule has 5 nitrogen and oxygen atoms in total. The van der Waals surface area contributed by atoms with Crippen molar-refractivity contribution in [3.63, 3.8) is 0 Å². The molecule has 1 aromatic carbocycles. The topological polar surface area (TPSA) is 68.2 Å². The molecule has 2 heterocycles. The number of hydrogen-bond donors (Lipinski definition) is 2. The highest BCUT2D eigenvalue weighted by Crippen LogP contribution is 2.23. The molecule has 0 aliphatic heterocycles. The highest BCUT2D eigenvalue weighted by Gasteiger charge is 2.07. The van der Waals surface area contributed by atoms with Gasteiger partial charge in [0.25, 0.3) is 0 Å². The third-order valence-electron chi connectivity index (χ3n) is 3.21. The summed E-state index contributed by atoms with van der Waals surface area (Å²) in [6, 6.07) is 8.28. The minimum absolute atomic E-state index is 0.456. The SMILES string of the molecule is CC(C)c1cccc(Nc2nc(N)cn3ccnc23)c1. The first kappa shape index (κ1) is 12.5. The zero-order chi connectivity index (χ0) is 14.1. The number of rotatable bonds is 3. The molecule has 0 aliphatic carbocycles. The molecule has 0 spiro atoms. The third-order valence-corrected chi connectivity index (χ3v) is 3.21. The lowest BCUT2D eigenvalue weighted by atomic mass is 10.0. The monoisotopic (exact) mass is 267 g/mol. The van der Waals surface area contributed by atoms with E-state index in [2.05, 4.69) is 41.3 Å². The predicted molar refractivity (Wildman–Crippen MR) is 81.2 cm³/mol. The van der Waals surface area contributed by atoms with Crippen LogP contribution in [0.2, 0.25) is 0 Å². The maximum atomic E-state index is 5.82. The second-order valence-electron chi connectivity index (χ2n) is 5.08. The lowest BCUT2D eigenvalue weighted by Gasteiger charge is -2.11. The van der Waals surface area contributed by atoms with Crippen LogP contribution in [0.15, 0.2) is 42.9 Å². The van der Waals surface area contributed by atoms with Crippen molar-refractivity contribution >= 4 is 23.0 Å². The summed E-state index contributed by atoms with van der Waals surface area (Å²) >= 11 is 0. The molecule has 2 aromatic heterocycles. The van der Waals surface area contributed by atoms with Gasteiger partial charge in [-0.15, -0.1) is 0 Å². The molecule has 20 heavy (non-hydrogen) atoms.